The van der Waals surface area contributed by atoms with Crippen molar-refractivity contribution in [2.75, 3.05) is 19.8 Å². The number of carbonyl (C=O) groups excluding carboxylic acids is 1. The molecule has 7 heteroatoms. The number of likely N-dealkylation sites (N-methyl/N-ethyl adjacent to an activating group) is 1. The maximum atomic E-state index is 12.6. The number of carbonyl (C=O) groups is 1. The van der Waals surface area contributed by atoms with E-state index in [1.54, 1.807) is 25.4 Å². The minimum Gasteiger partial charge on any atom is -0.341 e. The summed E-state index contributed by atoms with van der Waals surface area (Å²) in [6.45, 7) is 0.441. The number of pyridine rings is 1. The molecule has 0 saturated heterocycles. The summed E-state index contributed by atoms with van der Waals surface area (Å²) >= 11 is 1.44. The highest BCUT2D eigenvalue weighted by atomic mass is 32.2. The molecule has 0 fully saturated rings. The maximum Gasteiger partial charge on any atom is 0.282 e. The van der Waals surface area contributed by atoms with E-state index in [4.69, 9.17) is 0 Å². The van der Waals surface area contributed by atoms with E-state index in [2.05, 4.69) is 4.98 Å². The maximum absolute atomic E-state index is 12.6. The molecule has 6 nitrogen and oxygen atoms in total. The van der Waals surface area contributed by atoms with Crippen LogP contribution in [-0.2, 0) is 6.42 Å². The van der Waals surface area contributed by atoms with Gasteiger partial charge in [0.1, 0.15) is 5.56 Å². The minimum atomic E-state index is -0.524. The molecule has 0 aliphatic heterocycles. The summed E-state index contributed by atoms with van der Waals surface area (Å²) in [6.07, 6.45) is 4.16. The monoisotopic (exact) mass is 331 g/mol. The molecule has 0 atom stereocenters. The van der Waals surface area contributed by atoms with Crippen molar-refractivity contribution in [3.8, 4) is 0 Å². The van der Waals surface area contributed by atoms with Gasteiger partial charge in [-0.25, -0.2) is 0 Å². The standard InChI is InChI=1S/C16H17N3O3S/c1-18(10-8-12-5-3-4-9-17-12)16(20)14-11-13(23-2)6-7-15(14)19(21)22/h3-7,9,11H,8,10H2,1-2H3. The molecule has 120 valence electrons. The predicted molar refractivity (Wildman–Crippen MR) is 89.8 cm³/mol. The Balaban J connectivity index is 2.16. The number of benzene rings is 1. The zero-order valence-electron chi connectivity index (χ0n) is 12.9. The second-order valence-electron chi connectivity index (χ2n) is 4.94. The number of nitro groups is 1. The molecule has 0 radical (unpaired) electrons. The molecule has 0 aliphatic rings. The molecule has 0 saturated carbocycles. The molecule has 0 aliphatic carbocycles. The van der Waals surface area contributed by atoms with Crippen molar-refractivity contribution in [1.29, 1.82) is 0 Å². The molecule has 0 unspecified atom stereocenters. The van der Waals surface area contributed by atoms with Crippen LogP contribution in [0.2, 0.25) is 0 Å². The predicted octanol–water partition coefficient (Wildman–Crippen LogP) is 3.03. The average Bonchev–Trinajstić information content (AvgIpc) is 2.59. The van der Waals surface area contributed by atoms with Gasteiger partial charge in [0, 0.05) is 42.9 Å². The molecular weight excluding hydrogens is 314 g/mol. The van der Waals surface area contributed by atoms with Gasteiger partial charge in [-0.15, -0.1) is 11.8 Å². The van der Waals surface area contributed by atoms with Crippen LogP contribution in [-0.4, -0.2) is 40.6 Å². The molecule has 0 spiro atoms. The molecule has 1 heterocycles. The third kappa shape index (κ3) is 4.29. The van der Waals surface area contributed by atoms with Gasteiger partial charge in [-0.2, -0.15) is 0 Å². The van der Waals surface area contributed by atoms with Crippen LogP contribution in [0.15, 0.2) is 47.5 Å². The van der Waals surface area contributed by atoms with Crippen LogP contribution in [0.5, 0.6) is 0 Å². The third-order valence-corrected chi connectivity index (χ3v) is 4.13. The first-order chi connectivity index (χ1) is 11.0. The minimum absolute atomic E-state index is 0.116. The summed E-state index contributed by atoms with van der Waals surface area (Å²) in [7, 11) is 1.64. The van der Waals surface area contributed by atoms with Gasteiger partial charge in [-0.3, -0.25) is 19.9 Å². The van der Waals surface area contributed by atoms with Crippen LogP contribution in [0.3, 0.4) is 0 Å². The van der Waals surface area contributed by atoms with Crippen LogP contribution in [0.1, 0.15) is 16.1 Å². The van der Waals surface area contributed by atoms with Crippen molar-refractivity contribution in [1.82, 2.24) is 9.88 Å². The number of amides is 1. The number of nitro benzene ring substituents is 1. The molecule has 1 amide bonds. The number of hydrogen-bond acceptors (Lipinski definition) is 5. The Hall–Kier alpha value is -2.41. The lowest BCUT2D eigenvalue weighted by Crippen LogP contribution is -2.29. The zero-order valence-corrected chi connectivity index (χ0v) is 13.7. The van der Waals surface area contributed by atoms with E-state index in [-0.39, 0.29) is 17.2 Å². The van der Waals surface area contributed by atoms with Crippen molar-refractivity contribution in [3.05, 3.63) is 64.0 Å². The zero-order chi connectivity index (χ0) is 16.8. The first kappa shape index (κ1) is 17.0. The SMILES string of the molecule is CSc1ccc([N+](=O)[O-])c(C(=O)N(C)CCc2ccccn2)c1. The quantitative estimate of drug-likeness (QED) is 0.462. The second-order valence-corrected chi connectivity index (χ2v) is 5.82. The summed E-state index contributed by atoms with van der Waals surface area (Å²) < 4.78 is 0. The summed E-state index contributed by atoms with van der Waals surface area (Å²) in [5, 5.41) is 11.1. The lowest BCUT2D eigenvalue weighted by atomic mass is 10.1. The molecule has 1 aromatic heterocycles. The van der Waals surface area contributed by atoms with Crippen LogP contribution in [0, 0.1) is 10.1 Å². The fourth-order valence-corrected chi connectivity index (χ4v) is 2.55. The Bertz CT molecular complexity index is 707. The van der Waals surface area contributed by atoms with E-state index in [9.17, 15) is 14.9 Å². The first-order valence-electron chi connectivity index (χ1n) is 7.00. The Kier molecular flexibility index (Phi) is 5.70. The first-order valence-corrected chi connectivity index (χ1v) is 8.23. The fourth-order valence-electron chi connectivity index (χ4n) is 2.11. The highest BCUT2D eigenvalue weighted by Crippen LogP contribution is 2.25. The summed E-state index contributed by atoms with van der Waals surface area (Å²) in [5.74, 6) is -0.358. The van der Waals surface area contributed by atoms with Crippen molar-refractivity contribution in [3.63, 3.8) is 0 Å². The molecule has 1 aromatic carbocycles. The Morgan fingerprint density at radius 3 is 2.74 bits per heavy atom. The Morgan fingerprint density at radius 1 is 1.35 bits per heavy atom. The van der Waals surface area contributed by atoms with Gasteiger partial charge in [-0.05, 0) is 30.5 Å². The van der Waals surface area contributed by atoms with Crippen LogP contribution < -0.4 is 0 Å². The van der Waals surface area contributed by atoms with Gasteiger partial charge in [0.25, 0.3) is 11.6 Å². The fraction of sp³-hybridized carbons (Fsp3) is 0.250. The molecular formula is C16H17N3O3S. The molecule has 2 aromatic rings. The number of aromatic nitrogens is 1. The molecule has 2 rings (SSSR count). The number of nitrogens with zero attached hydrogens (tertiary/aromatic N) is 3. The summed E-state index contributed by atoms with van der Waals surface area (Å²) in [4.78, 5) is 29.7. The highest BCUT2D eigenvalue weighted by molar-refractivity contribution is 7.98. The summed E-state index contributed by atoms with van der Waals surface area (Å²) in [6, 6.07) is 10.2. The van der Waals surface area contributed by atoms with Crippen molar-refractivity contribution in [2.45, 2.75) is 11.3 Å². The largest absolute Gasteiger partial charge is 0.341 e. The van der Waals surface area contributed by atoms with E-state index in [0.717, 1.165) is 10.6 Å². The van der Waals surface area contributed by atoms with Crippen molar-refractivity contribution < 1.29 is 9.72 Å². The Labute approximate surface area is 138 Å². The van der Waals surface area contributed by atoms with E-state index in [0.29, 0.717) is 13.0 Å². The normalized spacial score (nSPS) is 10.3. The highest BCUT2D eigenvalue weighted by Gasteiger charge is 2.23. The number of thioether (sulfide) groups is 1. The van der Waals surface area contributed by atoms with Gasteiger partial charge in [-0.1, -0.05) is 6.07 Å². The van der Waals surface area contributed by atoms with E-state index >= 15 is 0 Å². The van der Waals surface area contributed by atoms with E-state index < -0.39 is 4.92 Å². The number of rotatable bonds is 6. The van der Waals surface area contributed by atoms with Gasteiger partial charge in [0.15, 0.2) is 0 Å². The molecule has 0 bridgehead atoms. The lowest BCUT2D eigenvalue weighted by molar-refractivity contribution is -0.385. The van der Waals surface area contributed by atoms with E-state index in [1.165, 1.54) is 22.7 Å². The smallest absolute Gasteiger partial charge is 0.282 e. The topological polar surface area (TPSA) is 76.3 Å². The van der Waals surface area contributed by atoms with E-state index in [1.807, 2.05) is 24.5 Å². The Morgan fingerprint density at radius 2 is 2.13 bits per heavy atom. The van der Waals surface area contributed by atoms with Gasteiger partial charge >= 0.3 is 0 Å². The third-order valence-electron chi connectivity index (χ3n) is 3.41. The van der Waals surface area contributed by atoms with Crippen molar-refractivity contribution in [2.24, 2.45) is 0 Å². The van der Waals surface area contributed by atoms with Gasteiger partial charge in [0.2, 0.25) is 0 Å². The van der Waals surface area contributed by atoms with Gasteiger partial charge in [0.05, 0.1) is 4.92 Å². The molecule has 23 heavy (non-hydrogen) atoms. The number of hydrogen-bond donors (Lipinski definition) is 0. The van der Waals surface area contributed by atoms with Crippen LogP contribution in [0.4, 0.5) is 5.69 Å². The lowest BCUT2D eigenvalue weighted by Gasteiger charge is -2.17. The molecule has 0 N–H and O–H groups in total. The second kappa shape index (κ2) is 7.73. The van der Waals surface area contributed by atoms with Crippen LogP contribution in [0.25, 0.3) is 0 Å². The average molecular weight is 331 g/mol. The van der Waals surface area contributed by atoms with Crippen LogP contribution >= 0.6 is 11.8 Å². The summed E-state index contributed by atoms with van der Waals surface area (Å²) in [5.41, 5.74) is 0.822. The van der Waals surface area contributed by atoms with Gasteiger partial charge < -0.3 is 4.90 Å². The van der Waals surface area contributed by atoms with Crippen molar-refractivity contribution >= 4 is 23.4 Å².